The van der Waals surface area contributed by atoms with Crippen LogP contribution in [0, 0.1) is 11.6 Å². The smallest absolute Gasteiger partial charge is 0.159 e. The van der Waals surface area contributed by atoms with Crippen LogP contribution < -0.4 is 0 Å². The van der Waals surface area contributed by atoms with Crippen molar-refractivity contribution in [3.63, 3.8) is 0 Å². The average molecular weight is 398 g/mol. The van der Waals surface area contributed by atoms with E-state index in [1.54, 1.807) is 18.5 Å². The zero-order valence-corrected chi connectivity index (χ0v) is 16.1. The minimum Gasteiger partial charge on any atom is -0.396 e. The van der Waals surface area contributed by atoms with Crippen LogP contribution in [0.5, 0.6) is 0 Å². The molecular weight excluding hydrogens is 374 g/mol. The van der Waals surface area contributed by atoms with Gasteiger partial charge in [0.05, 0.1) is 11.0 Å². The summed E-state index contributed by atoms with van der Waals surface area (Å²) < 4.78 is 26.8. The molecule has 7 heteroatoms. The second kappa shape index (κ2) is 8.90. The number of aromatic nitrogens is 2. The van der Waals surface area contributed by atoms with Gasteiger partial charge in [0.2, 0.25) is 0 Å². The molecule has 1 fully saturated rings. The first-order chi connectivity index (χ1) is 14.1. The minimum absolute atomic E-state index is 0.0898. The first-order valence-corrected chi connectivity index (χ1v) is 9.84. The number of aliphatic hydroxyl groups excluding tert-OH is 1. The summed E-state index contributed by atoms with van der Waals surface area (Å²) in [5, 5.41) is 9.53. The molecule has 1 aliphatic rings. The molecule has 1 aromatic heterocycles. The van der Waals surface area contributed by atoms with Crippen LogP contribution in [-0.2, 0) is 13.1 Å². The van der Waals surface area contributed by atoms with Gasteiger partial charge >= 0.3 is 0 Å². The van der Waals surface area contributed by atoms with Crippen LogP contribution in [0.15, 0.2) is 48.8 Å². The van der Waals surface area contributed by atoms with Crippen molar-refractivity contribution in [2.75, 3.05) is 26.2 Å². The molecule has 0 bridgehead atoms. The van der Waals surface area contributed by atoms with E-state index in [2.05, 4.69) is 25.8 Å². The van der Waals surface area contributed by atoms with E-state index in [-0.39, 0.29) is 12.6 Å². The van der Waals surface area contributed by atoms with E-state index in [0.717, 1.165) is 48.3 Å². The Bertz CT molecular complexity index is 979. The molecule has 1 atom stereocenters. The summed E-state index contributed by atoms with van der Waals surface area (Å²) in [6.45, 7) is 3.82. The van der Waals surface area contributed by atoms with E-state index in [0.29, 0.717) is 13.0 Å². The van der Waals surface area contributed by atoms with Crippen molar-refractivity contribution < 1.29 is 13.9 Å². The van der Waals surface area contributed by atoms with Gasteiger partial charge in [0, 0.05) is 57.8 Å². The van der Waals surface area contributed by atoms with Crippen LogP contribution in [0.3, 0.4) is 0 Å². The molecule has 2 heterocycles. The van der Waals surface area contributed by atoms with E-state index in [1.165, 1.54) is 12.1 Å². The zero-order chi connectivity index (χ0) is 20.2. The summed E-state index contributed by atoms with van der Waals surface area (Å²) in [5.74, 6) is -1.65. The first kappa shape index (κ1) is 19.8. The second-order valence-electron chi connectivity index (χ2n) is 7.46. The van der Waals surface area contributed by atoms with Crippen molar-refractivity contribution >= 4 is 11.0 Å². The van der Waals surface area contributed by atoms with E-state index >= 15 is 0 Å². The summed E-state index contributed by atoms with van der Waals surface area (Å²) in [7, 11) is 0. The Morgan fingerprint density at radius 3 is 2.69 bits per heavy atom. The predicted octanol–water partition coefficient (Wildman–Crippen LogP) is 2.98. The first-order valence-electron chi connectivity index (χ1n) is 9.84. The Labute approximate surface area is 168 Å². The highest BCUT2D eigenvalue weighted by molar-refractivity contribution is 5.77. The van der Waals surface area contributed by atoms with Crippen LogP contribution in [0.4, 0.5) is 8.78 Å². The summed E-state index contributed by atoms with van der Waals surface area (Å²) in [6.07, 6.45) is 4.04. The molecule has 152 valence electrons. The number of benzene rings is 2. The molecule has 0 unspecified atom stereocenters. The lowest BCUT2D eigenvalue weighted by atomic mass is 10.1. The van der Waals surface area contributed by atoms with Gasteiger partial charge in [-0.1, -0.05) is 18.2 Å². The van der Waals surface area contributed by atoms with Crippen molar-refractivity contribution in [3.05, 3.63) is 71.6 Å². The normalized spacial score (nSPS) is 18.4. The number of hydrogen-bond acceptors (Lipinski definition) is 5. The predicted molar refractivity (Wildman–Crippen MR) is 107 cm³/mol. The Kier molecular flexibility index (Phi) is 6.08. The Morgan fingerprint density at radius 2 is 1.86 bits per heavy atom. The lowest BCUT2D eigenvalue weighted by Gasteiger charge is -2.41. The number of fused-ring (bicyclic) bond motifs is 1. The topological polar surface area (TPSA) is 52.5 Å². The van der Waals surface area contributed by atoms with Gasteiger partial charge < -0.3 is 5.11 Å². The van der Waals surface area contributed by atoms with Gasteiger partial charge in [0.25, 0.3) is 0 Å². The maximum atomic E-state index is 13.6. The van der Waals surface area contributed by atoms with Crippen molar-refractivity contribution in [1.29, 1.82) is 0 Å². The molecule has 1 aliphatic heterocycles. The highest BCUT2D eigenvalue weighted by Gasteiger charge is 2.27. The van der Waals surface area contributed by atoms with Crippen LogP contribution in [-0.4, -0.2) is 57.2 Å². The van der Waals surface area contributed by atoms with E-state index < -0.39 is 11.6 Å². The number of piperazine rings is 1. The monoisotopic (exact) mass is 398 g/mol. The van der Waals surface area contributed by atoms with Crippen LogP contribution in [0.25, 0.3) is 11.0 Å². The maximum Gasteiger partial charge on any atom is 0.159 e. The van der Waals surface area contributed by atoms with E-state index in [1.807, 2.05) is 12.1 Å². The highest BCUT2D eigenvalue weighted by Crippen LogP contribution is 2.21. The number of halogens is 2. The third kappa shape index (κ3) is 4.58. The Hall–Kier alpha value is -2.48. The van der Waals surface area contributed by atoms with E-state index in [4.69, 9.17) is 0 Å². The third-order valence-electron chi connectivity index (χ3n) is 5.50. The molecule has 1 N–H and O–H groups in total. The number of nitrogens with zero attached hydrogens (tertiary/aromatic N) is 4. The summed E-state index contributed by atoms with van der Waals surface area (Å²) >= 11 is 0. The Balaban J connectivity index is 1.46. The van der Waals surface area contributed by atoms with Gasteiger partial charge in [-0.2, -0.15) is 0 Å². The molecule has 0 radical (unpaired) electrons. The molecular formula is C22H24F2N4O. The molecule has 29 heavy (non-hydrogen) atoms. The molecule has 0 aliphatic carbocycles. The molecule has 5 nitrogen and oxygen atoms in total. The highest BCUT2D eigenvalue weighted by atomic mass is 19.2. The van der Waals surface area contributed by atoms with Gasteiger partial charge in [-0.15, -0.1) is 0 Å². The van der Waals surface area contributed by atoms with Gasteiger partial charge in [-0.3, -0.25) is 19.8 Å². The maximum absolute atomic E-state index is 13.6. The van der Waals surface area contributed by atoms with Crippen LogP contribution in [0.1, 0.15) is 17.5 Å². The van der Waals surface area contributed by atoms with Crippen molar-refractivity contribution in [3.8, 4) is 0 Å². The molecule has 0 amide bonds. The second-order valence-corrected chi connectivity index (χ2v) is 7.46. The Morgan fingerprint density at radius 1 is 1.00 bits per heavy atom. The SMILES string of the molecule is OCC[C@H]1CN(Cc2cccc3nccnc23)CCN1Cc1ccc(F)c(F)c1. The fourth-order valence-electron chi connectivity index (χ4n) is 4.03. The van der Waals surface area contributed by atoms with Crippen molar-refractivity contribution in [2.24, 2.45) is 0 Å². The number of aliphatic hydroxyl groups is 1. The minimum atomic E-state index is -0.830. The average Bonchev–Trinajstić information content (AvgIpc) is 2.73. The van der Waals surface area contributed by atoms with Crippen LogP contribution in [0.2, 0.25) is 0 Å². The van der Waals surface area contributed by atoms with Gasteiger partial charge in [-0.05, 0) is 35.7 Å². The summed E-state index contributed by atoms with van der Waals surface area (Å²) in [5.41, 5.74) is 3.67. The molecule has 1 saturated heterocycles. The van der Waals surface area contributed by atoms with Crippen molar-refractivity contribution in [2.45, 2.75) is 25.6 Å². The van der Waals surface area contributed by atoms with Crippen molar-refractivity contribution in [1.82, 2.24) is 19.8 Å². The van der Waals surface area contributed by atoms with Crippen LogP contribution >= 0.6 is 0 Å². The molecule has 0 saturated carbocycles. The largest absolute Gasteiger partial charge is 0.396 e. The number of para-hydroxylation sites is 1. The quantitative estimate of drug-likeness (QED) is 0.692. The number of hydrogen-bond donors (Lipinski definition) is 1. The zero-order valence-electron chi connectivity index (χ0n) is 16.1. The van der Waals surface area contributed by atoms with Gasteiger partial charge in [0.1, 0.15) is 0 Å². The summed E-state index contributed by atoms with van der Waals surface area (Å²) in [4.78, 5) is 13.4. The third-order valence-corrected chi connectivity index (χ3v) is 5.50. The molecule has 2 aromatic carbocycles. The van der Waals surface area contributed by atoms with Gasteiger partial charge in [-0.25, -0.2) is 8.78 Å². The standard InChI is InChI=1S/C22H24F2N4O/c23-19-5-4-16(12-20(19)24)13-28-10-9-27(15-18(28)6-11-29)14-17-2-1-3-21-22(17)26-8-7-25-21/h1-5,7-8,12,18,29H,6,9-11,13-15H2/t18-/m0/s1. The molecule has 0 spiro atoms. The molecule has 4 rings (SSSR count). The van der Waals surface area contributed by atoms with E-state index in [9.17, 15) is 13.9 Å². The lowest BCUT2D eigenvalue weighted by Crippen LogP contribution is -2.52. The summed E-state index contributed by atoms with van der Waals surface area (Å²) in [6, 6.07) is 10.2. The molecule has 3 aromatic rings. The fraction of sp³-hybridized carbons (Fsp3) is 0.364. The van der Waals surface area contributed by atoms with Gasteiger partial charge in [0.15, 0.2) is 11.6 Å². The fourth-order valence-corrected chi connectivity index (χ4v) is 4.03. The number of rotatable bonds is 6. The lowest BCUT2D eigenvalue weighted by molar-refractivity contribution is 0.0501.